The normalized spacial score (nSPS) is 11.8. The third-order valence-electron chi connectivity index (χ3n) is 0.902. The molecule has 0 heterocycles. The van der Waals surface area contributed by atoms with Crippen molar-refractivity contribution in [1.82, 2.24) is 0 Å². The van der Waals surface area contributed by atoms with Gasteiger partial charge in [-0.1, -0.05) is 13.3 Å². The molecule has 0 rings (SSSR count). The van der Waals surface area contributed by atoms with E-state index in [4.69, 9.17) is 5.73 Å². The second-order valence-corrected chi connectivity index (χ2v) is 1.71. The summed E-state index contributed by atoms with van der Waals surface area (Å²) in [4.78, 5) is 9.85. The van der Waals surface area contributed by atoms with E-state index in [0.717, 1.165) is 6.42 Å². The third kappa shape index (κ3) is 6.31. The van der Waals surface area contributed by atoms with Gasteiger partial charge in [-0.05, 0) is 6.42 Å². The van der Waals surface area contributed by atoms with E-state index >= 15 is 0 Å². The monoisotopic (exact) mass is 139 g/mol. The molecule has 4 heteroatoms. The number of carbonyl (C=O) groups excluding carboxylic acids is 1. The Bertz CT molecular complexity index is 87.0. The van der Waals surface area contributed by atoms with Crippen molar-refractivity contribution < 1.29 is 39.5 Å². The Hall–Kier alpha value is 0.430. The molecule has 2 N–H and O–H groups in total. The zero-order chi connectivity index (χ0) is 6.57. The van der Waals surface area contributed by atoms with Gasteiger partial charge in [-0.15, -0.1) is 0 Å². The predicted octanol–water partition coefficient (Wildman–Crippen LogP) is -4.13. The minimum Gasteiger partial charge on any atom is -0.548 e. The average molecular weight is 139 g/mol. The summed E-state index contributed by atoms with van der Waals surface area (Å²) in [7, 11) is 0. The fourth-order valence-corrected chi connectivity index (χ4v) is 0.429. The molecule has 1 atom stereocenters. The molecule has 0 aromatic rings. The summed E-state index contributed by atoms with van der Waals surface area (Å²) in [6.07, 6.45) is 1.29. The van der Waals surface area contributed by atoms with E-state index in [-0.39, 0.29) is 29.6 Å². The molecule has 0 aromatic heterocycles. The van der Waals surface area contributed by atoms with Crippen LogP contribution in [0.5, 0.6) is 0 Å². The first kappa shape index (κ1) is 12.1. The van der Waals surface area contributed by atoms with Crippen LogP contribution in [0.4, 0.5) is 0 Å². The smallest absolute Gasteiger partial charge is 0.548 e. The molecule has 0 radical (unpaired) electrons. The molecule has 0 aromatic carbocycles. The van der Waals surface area contributed by atoms with Gasteiger partial charge in [-0.25, -0.2) is 0 Å². The standard InChI is InChI=1S/C5H11NO2.Na/c1-2-3-4(6)5(7)8;/h4H,2-3,6H2,1H3,(H,7,8);/q;+1/p-1/t4-;/m0./s1. The maximum atomic E-state index is 9.85. The van der Waals surface area contributed by atoms with E-state index in [1.54, 1.807) is 0 Å². The second-order valence-electron chi connectivity index (χ2n) is 1.71. The molecule has 9 heavy (non-hydrogen) atoms. The summed E-state index contributed by atoms with van der Waals surface area (Å²) in [5.41, 5.74) is 5.06. The maximum absolute atomic E-state index is 9.85. The third-order valence-corrected chi connectivity index (χ3v) is 0.902. The van der Waals surface area contributed by atoms with Gasteiger partial charge >= 0.3 is 29.6 Å². The van der Waals surface area contributed by atoms with Gasteiger partial charge in [-0.2, -0.15) is 0 Å². The van der Waals surface area contributed by atoms with E-state index in [9.17, 15) is 9.90 Å². The molecule has 0 unspecified atom stereocenters. The molecular weight excluding hydrogens is 129 g/mol. The second kappa shape index (κ2) is 6.55. The van der Waals surface area contributed by atoms with Crippen LogP contribution in [0.15, 0.2) is 0 Å². The van der Waals surface area contributed by atoms with Crippen LogP contribution in [0.1, 0.15) is 19.8 Å². The van der Waals surface area contributed by atoms with Gasteiger partial charge in [0.05, 0.1) is 5.97 Å². The first-order valence-corrected chi connectivity index (χ1v) is 2.65. The number of nitrogens with two attached hydrogens (primary N) is 1. The van der Waals surface area contributed by atoms with Crippen LogP contribution in [0, 0.1) is 0 Å². The molecular formula is C5H10NNaO2. The molecule has 0 amide bonds. The van der Waals surface area contributed by atoms with Crippen LogP contribution in [0.2, 0.25) is 0 Å². The zero-order valence-corrected chi connectivity index (χ0v) is 7.89. The molecule has 3 nitrogen and oxygen atoms in total. The van der Waals surface area contributed by atoms with E-state index in [2.05, 4.69) is 0 Å². The van der Waals surface area contributed by atoms with E-state index in [1.165, 1.54) is 0 Å². The van der Waals surface area contributed by atoms with E-state index < -0.39 is 12.0 Å². The molecule has 0 saturated heterocycles. The van der Waals surface area contributed by atoms with E-state index in [1.807, 2.05) is 6.92 Å². The maximum Gasteiger partial charge on any atom is 1.00 e. The fraction of sp³-hybridized carbons (Fsp3) is 0.800. The van der Waals surface area contributed by atoms with Crippen molar-refractivity contribution in [2.75, 3.05) is 0 Å². The fourth-order valence-electron chi connectivity index (χ4n) is 0.429. The minimum atomic E-state index is -1.16. The number of hydrogen-bond acceptors (Lipinski definition) is 3. The van der Waals surface area contributed by atoms with Crippen molar-refractivity contribution in [3.8, 4) is 0 Å². The number of carboxylic acids is 1. The van der Waals surface area contributed by atoms with Gasteiger partial charge in [0.1, 0.15) is 0 Å². The van der Waals surface area contributed by atoms with Crippen molar-refractivity contribution in [1.29, 1.82) is 0 Å². The first-order valence-electron chi connectivity index (χ1n) is 2.65. The minimum absolute atomic E-state index is 0. The van der Waals surface area contributed by atoms with Crippen LogP contribution in [-0.4, -0.2) is 12.0 Å². The summed E-state index contributed by atoms with van der Waals surface area (Å²) in [6, 6.07) is -0.778. The molecule has 0 aliphatic heterocycles. The number of carbonyl (C=O) groups is 1. The average Bonchev–Trinajstić information content (AvgIpc) is 1.67. The van der Waals surface area contributed by atoms with Crippen LogP contribution >= 0.6 is 0 Å². The SMILES string of the molecule is CCC[C@H](N)C(=O)[O-].[Na+]. The van der Waals surface area contributed by atoms with Crippen LogP contribution in [-0.2, 0) is 4.79 Å². The molecule has 0 spiro atoms. The van der Waals surface area contributed by atoms with Crippen molar-refractivity contribution >= 4 is 5.97 Å². The van der Waals surface area contributed by atoms with Crippen molar-refractivity contribution in [3.63, 3.8) is 0 Å². The van der Waals surface area contributed by atoms with Crippen molar-refractivity contribution in [2.45, 2.75) is 25.8 Å². The number of carboxylic acid groups (broad SMARTS) is 1. The van der Waals surface area contributed by atoms with Crippen LogP contribution in [0.25, 0.3) is 0 Å². The Morgan fingerprint density at radius 2 is 2.22 bits per heavy atom. The Kier molecular flexibility index (Phi) is 8.83. The van der Waals surface area contributed by atoms with Gasteiger partial charge in [0.2, 0.25) is 0 Å². The molecule has 48 valence electrons. The molecule has 0 aliphatic carbocycles. The molecule has 0 saturated carbocycles. The van der Waals surface area contributed by atoms with E-state index in [0.29, 0.717) is 6.42 Å². The number of hydrogen-bond donors (Lipinski definition) is 1. The van der Waals surface area contributed by atoms with Gasteiger partial charge in [0, 0.05) is 6.04 Å². The number of rotatable bonds is 3. The molecule has 0 fully saturated rings. The molecule has 0 aliphatic rings. The molecule has 0 bridgehead atoms. The van der Waals surface area contributed by atoms with Gasteiger partial charge in [0.15, 0.2) is 0 Å². The van der Waals surface area contributed by atoms with Crippen LogP contribution in [0.3, 0.4) is 0 Å². The zero-order valence-electron chi connectivity index (χ0n) is 5.89. The van der Waals surface area contributed by atoms with Crippen molar-refractivity contribution in [3.05, 3.63) is 0 Å². The van der Waals surface area contributed by atoms with Gasteiger partial charge in [0.25, 0.3) is 0 Å². The predicted molar refractivity (Wildman–Crippen MR) is 27.9 cm³/mol. The summed E-state index contributed by atoms with van der Waals surface area (Å²) in [5, 5.41) is 9.85. The van der Waals surface area contributed by atoms with Crippen LogP contribution < -0.4 is 40.4 Å². The van der Waals surface area contributed by atoms with Gasteiger partial charge < -0.3 is 15.6 Å². The summed E-state index contributed by atoms with van der Waals surface area (Å²) in [6.45, 7) is 1.88. The largest absolute Gasteiger partial charge is 1.00 e. The van der Waals surface area contributed by atoms with Crippen molar-refractivity contribution in [2.24, 2.45) is 5.73 Å². The first-order chi connectivity index (χ1) is 3.68. The Morgan fingerprint density at radius 1 is 1.78 bits per heavy atom. The Labute approximate surface area is 76.9 Å². The Morgan fingerprint density at radius 3 is 2.33 bits per heavy atom. The summed E-state index contributed by atoms with van der Waals surface area (Å²) < 4.78 is 0. The quantitative estimate of drug-likeness (QED) is 0.404. The summed E-state index contributed by atoms with van der Waals surface area (Å²) >= 11 is 0. The topological polar surface area (TPSA) is 66.2 Å². The van der Waals surface area contributed by atoms with Gasteiger partial charge in [-0.3, -0.25) is 0 Å². The number of aliphatic carboxylic acids is 1. The summed E-state index contributed by atoms with van der Waals surface area (Å²) in [5.74, 6) is -1.16. The Balaban J connectivity index is 0.